The van der Waals surface area contributed by atoms with Crippen LogP contribution in [0.4, 0.5) is 4.79 Å². The fourth-order valence-electron chi connectivity index (χ4n) is 10.1. The molecule has 0 radical (unpaired) electrons. The number of nitrogens with zero attached hydrogens (tertiary/aromatic N) is 1. The maximum Gasteiger partial charge on any atom is 0.405 e. The van der Waals surface area contributed by atoms with Gasteiger partial charge in [-0.05, 0) is 80.3 Å². The Balaban J connectivity index is 1.70. The van der Waals surface area contributed by atoms with E-state index in [2.05, 4.69) is 39.1 Å². The molecule has 5 aliphatic carbocycles. The average molecular weight is 523 g/mol. The quantitative estimate of drug-likeness (QED) is 0.426. The minimum atomic E-state index is -1.65. The predicted octanol–water partition coefficient (Wildman–Crippen LogP) is 5.34. The van der Waals surface area contributed by atoms with Crippen LogP contribution in [0.3, 0.4) is 0 Å². The Morgan fingerprint density at radius 2 is 1.63 bits per heavy atom. The van der Waals surface area contributed by atoms with Crippen LogP contribution >= 0.6 is 0 Å². The van der Waals surface area contributed by atoms with E-state index < -0.39 is 44.8 Å². The Kier molecular flexibility index (Phi) is 5.42. The summed E-state index contributed by atoms with van der Waals surface area (Å²) in [5, 5.41) is 34.8. The number of hydrogen-bond acceptors (Lipinski definition) is 5. The molecule has 0 aromatic rings. The van der Waals surface area contributed by atoms with Gasteiger partial charge in [0, 0.05) is 27.7 Å². The Morgan fingerprint density at radius 3 is 2.24 bits per heavy atom. The Morgan fingerprint density at radius 1 is 1.00 bits per heavy atom. The van der Waals surface area contributed by atoms with Crippen LogP contribution in [0.15, 0.2) is 23.3 Å². The smallest absolute Gasteiger partial charge is 0.405 e. The first-order valence-electron chi connectivity index (χ1n) is 14.0. The number of aliphatic hydroxyl groups is 1. The summed E-state index contributed by atoms with van der Waals surface area (Å²) in [6.07, 6.45) is 7.16. The van der Waals surface area contributed by atoms with Gasteiger partial charge in [-0.1, -0.05) is 47.6 Å². The molecule has 7 nitrogen and oxygen atoms in total. The molecule has 8 atom stereocenters. The molecule has 38 heavy (non-hydrogen) atoms. The number of rotatable bonds is 1. The van der Waals surface area contributed by atoms with Crippen molar-refractivity contribution >= 4 is 17.7 Å². The van der Waals surface area contributed by atoms with E-state index in [1.807, 2.05) is 20.8 Å². The second kappa shape index (κ2) is 7.59. The Labute approximate surface area is 225 Å². The highest BCUT2D eigenvalue weighted by Crippen LogP contribution is 2.75. The monoisotopic (exact) mass is 522 g/mol. The first kappa shape index (κ1) is 27.1. The van der Waals surface area contributed by atoms with Gasteiger partial charge >= 0.3 is 6.09 Å². The molecule has 7 heteroatoms. The maximum atomic E-state index is 14.4. The zero-order valence-electron chi connectivity index (χ0n) is 23.8. The molecule has 0 unspecified atom stereocenters. The number of carbonyl (C=O) groups excluding carboxylic acids is 2. The number of hydrogen-bond donors (Lipinski definition) is 3. The van der Waals surface area contributed by atoms with Crippen LogP contribution in [0.1, 0.15) is 93.4 Å². The van der Waals surface area contributed by atoms with Gasteiger partial charge in [-0.15, -0.1) is 0 Å². The van der Waals surface area contributed by atoms with Crippen LogP contribution in [0.5, 0.6) is 0 Å². The number of fused-ring (bicyclic) bond motifs is 7. The first-order valence-corrected chi connectivity index (χ1v) is 14.0. The highest BCUT2D eigenvalue weighted by molar-refractivity contribution is 6.05. The molecule has 0 spiro atoms. The van der Waals surface area contributed by atoms with E-state index in [9.17, 15) is 29.9 Å². The zero-order valence-corrected chi connectivity index (χ0v) is 23.8. The van der Waals surface area contributed by atoms with Crippen LogP contribution in [-0.2, 0) is 9.59 Å². The van der Waals surface area contributed by atoms with E-state index in [4.69, 9.17) is 0 Å². The van der Waals surface area contributed by atoms with Gasteiger partial charge in [0.2, 0.25) is 0 Å². The normalized spacial score (nSPS) is 49.2. The summed E-state index contributed by atoms with van der Waals surface area (Å²) in [4.78, 5) is 39.2. The number of carboxylic acid groups (broad SMARTS) is 1. The molecule has 5 rings (SSSR count). The van der Waals surface area contributed by atoms with Crippen molar-refractivity contribution in [1.29, 1.82) is 5.26 Å². The number of allylic oxidation sites excluding steroid dienone is 3. The predicted molar refractivity (Wildman–Crippen MR) is 142 cm³/mol. The molecule has 3 saturated carbocycles. The minimum Gasteiger partial charge on any atom is -0.465 e. The van der Waals surface area contributed by atoms with Crippen LogP contribution in [0.2, 0.25) is 0 Å². The molecule has 0 bridgehead atoms. The van der Waals surface area contributed by atoms with E-state index in [-0.39, 0.29) is 28.5 Å². The van der Waals surface area contributed by atoms with Gasteiger partial charge in [0.1, 0.15) is 11.7 Å². The minimum absolute atomic E-state index is 0.0619. The van der Waals surface area contributed by atoms with Crippen molar-refractivity contribution in [1.82, 2.24) is 5.32 Å². The molecular formula is C31H42N2O5. The van der Waals surface area contributed by atoms with Crippen LogP contribution < -0.4 is 5.32 Å². The summed E-state index contributed by atoms with van der Waals surface area (Å²) in [5.74, 6) is -0.918. The van der Waals surface area contributed by atoms with E-state index in [0.29, 0.717) is 19.3 Å². The largest absolute Gasteiger partial charge is 0.465 e. The van der Waals surface area contributed by atoms with Crippen molar-refractivity contribution < 1.29 is 24.6 Å². The third-order valence-electron chi connectivity index (χ3n) is 12.7. The lowest BCUT2D eigenvalue weighted by molar-refractivity contribution is -0.240. The lowest BCUT2D eigenvalue weighted by Crippen LogP contribution is -2.74. The molecule has 0 heterocycles. The molecule has 3 N–H and O–H groups in total. The maximum absolute atomic E-state index is 14.4. The number of nitriles is 1. The van der Waals surface area contributed by atoms with Crippen LogP contribution in [-0.4, -0.2) is 39.0 Å². The van der Waals surface area contributed by atoms with E-state index >= 15 is 0 Å². The SMILES string of the molecule is CC1(C)C(=O)C(C#N)=C[C@]2(C)C3=CC(=O)[C@]4(O)[C@@H]5C[C@@](C)(NC(=O)O)CC[C@@]5(C)CC[C@@]4(C)[C@]3(C)CC[C@@H]12. The summed E-state index contributed by atoms with van der Waals surface area (Å²) in [7, 11) is 0. The summed E-state index contributed by atoms with van der Waals surface area (Å²) >= 11 is 0. The summed E-state index contributed by atoms with van der Waals surface area (Å²) in [6.45, 7) is 14.2. The molecule has 0 aromatic heterocycles. The van der Waals surface area contributed by atoms with Gasteiger partial charge in [-0.3, -0.25) is 9.59 Å². The molecule has 206 valence electrons. The number of amides is 1. The average Bonchev–Trinajstić information content (AvgIpc) is 2.81. The molecule has 3 fully saturated rings. The van der Waals surface area contributed by atoms with Gasteiger partial charge in [0.15, 0.2) is 11.6 Å². The van der Waals surface area contributed by atoms with Gasteiger partial charge < -0.3 is 15.5 Å². The number of ketones is 2. The molecular weight excluding hydrogens is 480 g/mol. The first-order chi connectivity index (χ1) is 17.3. The lowest BCUT2D eigenvalue weighted by atomic mass is 9.33. The van der Waals surface area contributed by atoms with Crippen molar-refractivity contribution in [3.05, 3.63) is 23.3 Å². The lowest BCUT2D eigenvalue weighted by Gasteiger charge is -2.71. The van der Waals surface area contributed by atoms with Gasteiger partial charge in [0.05, 0.1) is 5.57 Å². The highest BCUT2D eigenvalue weighted by Gasteiger charge is 2.75. The Hall–Kier alpha value is -2.46. The van der Waals surface area contributed by atoms with E-state index in [0.717, 1.165) is 31.3 Å². The molecule has 1 amide bonds. The zero-order chi connectivity index (χ0) is 28.3. The van der Waals surface area contributed by atoms with Crippen LogP contribution in [0, 0.1) is 50.2 Å². The topological polar surface area (TPSA) is 127 Å². The fraction of sp³-hybridized carbons (Fsp3) is 0.742. The van der Waals surface area contributed by atoms with Gasteiger partial charge in [-0.25, -0.2) is 4.79 Å². The molecule has 0 saturated heterocycles. The van der Waals surface area contributed by atoms with Crippen molar-refractivity contribution in [2.75, 3.05) is 0 Å². The van der Waals surface area contributed by atoms with Crippen molar-refractivity contribution in [3.8, 4) is 6.07 Å². The molecule has 0 aliphatic heterocycles. The van der Waals surface area contributed by atoms with Crippen molar-refractivity contribution in [2.45, 2.75) is 105 Å². The molecule has 5 aliphatic rings. The summed E-state index contributed by atoms with van der Waals surface area (Å²) < 4.78 is 0. The summed E-state index contributed by atoms with van der Waals surface area (Å²) in [6, 6.07) is 2.12. The Bertz CT molecular complexity index is 1260. The number of carbonyl (C=O) groups is 3. The molecule has 0 aromatic carbocycles. The van der Waals surface area contributed by atoms with E-state index in [1.54, 1.807) is 12.2 Å². The standard InChI is InChI=1S/C31H42N2O5/c1-25(2)19-8-9-29(6)20(28(19,5)15-18(17-32)23(25)35)14-22(34)31(38)21-16-27(4,33-24(36)37)12-10-26(21,3)11-13-30(29,31)7/h14-15,19,21,33,38H,8-13,16H2,1-7H3,(H,36,37)/t19-,21+,26-,27-,28-,29+,30-,31+/m0/s1. The highest BCUT2D eigenvalue weighted by atomic mass is 16.4. The number of nitrogens with one attached hydrogen (secondary N) is 1. The second-order valence-electron chi connectivity index (χ2n) is 14.8. The van der Waals surface area contributed by atoms with E-state index in [1.165, 1.54) is 0 Å². The number of Topliss-reactive ketones (excluding diaryl/α,β-unsaturated/α-hetero) is 1. The third-order valence-corrected chi connectivity index (χ3v) is 12.7. The van der Waals surface area contributed by atoms with Gasteiger partial charge in [-0.2, -0.15) is 5.26 Å². The van der Waals surface area contributed by atoms with Crippen LogP contribution in [0.25, 0.3) is 0 Å². The fourth-order valence-corrected chi connectivity index (χ4v) is 10.1. The van der Waals surface area contributed by atoms with Crippen molar-refractivity contribution in [2.24, 2.45) is 38.9 Å². The second-order valence-corrected chi connectivity index (χ2v) is 14.8. The summed E-state index contributed by atoms with van der Waals surface area (Å²) in [5.41, 5.74) is -4.30. The third kappa shape index (κ3) is 3.01. The van der Waals surface area contributed by atoms with Gasteiger partial charge in [0.25, 0.3) is 0 Å². The van der Waals surface area contributed by atoms with Crippen molar-refractivity contribution in [3.63, 3.8) is 0 Å².